The fourth-order valence-electron chi connectivity index (χ4n) is 3.97. The molecule has 0 fully saturated rings. The number of hydrogen-bond donors (Lipinski definition) is 4. The van der Waals surface area contributed by atoms with Gasteiger partial charge in [-0.25, -0.2) is 19.7 Å². The van der Waals surface area contributed by atoms with Crippen LogP contribution in [0.5, 0.6) is 0 Å². The number of hydrogen-bond acceptors (Lipinski definition) is 8. The molecule has 0 saturated carbocycles. The fourth-order valence-corrected chi connectivity index (χ4v) is 3.97. The number of unbranched alkanes of at least 4 members (excludes halogenated alkanes) is 1. The third kappa shape index (κ3) is 9.16. The Labute approximate surface area is 213 Å². The molecule has 1 unspecified atom stereocenters. The molecule has 3 heterocycles. The van der Waals surface area contributed by atoms with E-state index in [1.54, 1.807) is 0 Å². The summed E-state index contributed by atoms with van der Waals surface area (Å²) in [4.78, 5) is 36.3. The largest absolute Gasteiger partial charge is 0.480 e. The lowest BCUT2D eigenvalue weighted by atomic mass is 10.1. The molecule has 4 N–H and O–H groups in total. The van der Waals surface area contributed by atoms with Gasteiger partial charge in [-0.2, -0.15) is 13.2 Å². The summed E-state index contributed by atoms with van der Waals surface area (Å²) in [6.45, 7) is 3.44. The molecular formula is C24H32F3N7O3. The molecule has 0 radical (unpaired) electrons. The van der Waals surface area contributed by atoms with Crippen molar-refractivity contribution in [3.63, 3.8) is 0 Å². The summed E-state index contributed by atoms with van der Waals surface area (Å²) in [5, 5.41) is 18.2. The first-order chi connectivity index (χ1) is 17.6. The van der Waals surface area contributed by atoms with E-state index in [-0.39, 0.29) is 24.8 Å². The average Bonchev–Trinajstić information content (AvgIpc) is 2.86. The molecule has 2 aromatic heterocycles. The monoisotopic (exact) mass is 523 g/mol. The molecule has 10 nitrogen and oxygen atoms in total. The van der Waals surface area contributed by atoms with Gasteiger partial charge in [0.25, 0.3) is 0 Å². The maximum absolute atomic E-state index is 12.9. The first-order valence-corrected chi connectivity index (χ1v) is 12.2. The Morgan fingerprint density at radius 2 is 2.00 bits per heavy atom. The molecule has 2 aromatic rings. The van der Waals surface area contributed by atoms with Gasteiger partial charge in [0.15, 0.2) is 0 Å². The van der Waals surface area contributed by atoms with Crippen LogP contribution in [0.4, 0.5) is 24.8 Å². The van der Waals surface area contributed by atoms with Gasteiger partial charge in [-0.1, -0.05) is 6.07 Å². The zero-order chi connectivity index (χ0) is 26.8. The standard InChI is InChI=1S/C24H32F3N7O3/c1-16(35)30-15-34(13-3-2-6-18-8-7-17-5-4-11-28-21(17)31-18)14-10-19(22(36)37)32-20-9-12-29-23(33-20)24(25,26)27/h7-9,12,19H,2-6,10-11,13-15H2,1H3,(H,28,31)(H,30,35)(H,36,37)(H,29,32,33). The Kier molecular flexibility index (Phi) is 10.0. The number of halogens is 3. The number of carbonyl (C=O) groups excluding carboxylic acids is 1. The van der Waals surface area contributed by atoms with Crippen molar-refractivity contribution in [2.75, 3.05) is 36.9 Å². The van der Waals surface area contributed by atoms with Crippen LogP contribution < -0.4 is 16.0 Å². The second kappa shape index (κ2) is 13.2. The first kappa shape index (κ1) is 28.1. The van der Waals surface area contributed by atoms with Gasteiger partial charge in [0.1, 0.15) is 17.7 Å². The summed E-state index contributed by atoms with van der Waals surface area (Å²) in [5.41, 5.74) is 2.23. The Morgan fingerprint density at radius 3 is 2.73 bits per heavy atom. The highest BCUT2D eigenvalue weighted by molar-refractivity contribution is 5.76. The Hall–Kier alpha value is -3.48. The van der Waals surface area contributed by atoms with Crippen LogP contribution in [0, 0.1) is 0 Å². The predicted octanol–water partition coefficient (Wildman–Crippen LogP) is 2.92. The molecule has 0 aromatic carbocycles. The van der Waals surface area contributed by atoms with Crippen LogP contribution >= 0.6 is 0 Å². The Balaban J connectivity index is 1.53. The number of aryl methyl sites for hydroxylation is 2. The van der Waals surface area contributed by atoms with Crippen molar-refractivity contribution in [2.45, 2.75) is 57.7 Å². The number of aliphatic carboxylic acids is 1. The van der Waals surface area contributed by atoms with Crippen LogP contribution in [-0.4, -0.2) is 69.2 Å². The topological polar surface area (TPSA) is 132 Å². The van der Waals surface area contributed by atoms with Gasteiger partial charge in [0.2, 0.25) is 11.7 Å². The summed E-state index contributed by atoms with van der Waals surface area (Å²) >= 11 is 0. The van der Waals surface area contributed by atoms with E-state index in [0.717, 1.165) is 56.4 Å². The number of amides is 1. The zero-order valence-corrected chi connectivity index (χ0v) is 20.6. The summed E-state index contributed by atoms with van der Waals surface area (Å²) in [6.07, 6.45) is 0.826. The van der Waals surface area contributed by atoms with Crippen LogP contribution in [0.3, 0.4) is 0 Å². The molecule has 0 saturated heterocycles. The van der Waals surface area contributed by atoms with Crippen LogP contribution in [0.15, 0.2) is 24.4 Å². The normalized spacial score (nSPS) is 14.0. The van der Waals surface area contributed by atoms with E-state index in [9.17, 15) is 27.9 Å². The van der Waals surface area contributed by atoms with Crippen LogP contribution in [0.1, 0.15) is 49.7 Å². The molecule has 1 amide bonds. The summed E-state index contributed by atoms with van der Waals surface area (Å²) < 4.78 is 38.6. The molecule has 1 atom stereocenters. The van der Waals surface area contributed by atoms with Crippen molar-refractivity contribution >= 4 is 23.5 Å². The van der Waals surface area contributed by atoms with E-state index in [2.05, 4.69) is 32.0 Å². The van der Waals surface area contributed by atoms with E-state index < -0.39 is 24.0 Å². The molecule has 37 heavy (non-hydrogen) atoms. The number of alkyl halides is 3. The number of fused-ring (bicyclic) bond motifs is 1. The molecule has 3 rings (SSSR count). The number of aromatic nitrogens is 3. The number of pyridine rings is 1. The number of anilines is 2. The third-order valence-corrected chi connectivity index (χ3v) is 5.92. The van der Waals surface area contributed by atoms with Gasteiger partial charge in [-0.3, -0.25) is 9.69 Å². The lowest BCUT2D eigenvalue weighted by Crippen LogP contribution is -2.41. The van der Waals surface area contributed by atoms with E-state index in [0.29, 0.717) is 13.1 Å². The highest BCUT2D eigenvalue weighted by Crippen LogP contribution is 2.26. The number of nitrogens with zero attached hydrogens (tertiary/aromatic N) is 4. The predicted molar refractivity (Wildman–Crippen MR) is 131 cm³/mol. The summed E-state index contributed by atoms with van der Waals surface area (Å²) in [5.74, 6) is -2.06. The SMILES string of the molecule is CC(=O)NCN(CCCCc1ccc2c(n1)NCCC2)CCC(Nc1ccnc(C(F)(F)F)n1)C(=O)O. The lowest BCUT2D eigenvalue weighted by Gasteiger charge is -2.24. The molecule has 0 bridgehead atoms. The lowest BCUT2D eigenvalue weighted by molar-refractivity contribution is -0.144. The van der Waals surface area contributed by atoms with Crippen LogP contribution in [0.2, 0.25) is 0 Å². The van der Waals surface area contributed by atoms with Crippen molar-refractivity contribution in [3.8, 4) is 0 Å². The van der Waals surface area contributed by atoms with Gasteiger partial charge in [-0.15, -0.1) is 0 Å². The van der Waals surface area contributed by atoms with Crippen molar-refractivity contribution in [1.82, 2.24) is 25.2 Å². The van der Waals surface area contributed by atoms with Crippen molar-refractivity contribution in [1.29, 1.82) is 0 Å². The van der Waals surface area contributed by atoms with E-state index in [4.69, 9.17) is 4.98 Å². The van der Waals surface area contributed by atoms with Crippen molar-refractivity contribution in [2.24, 2.45) is 0 Å². The maximum atomic E-state index is 12.9. The van der Waals surface area contributed by atoms with Crippen molar-refractivity contribution < 1.29 is 27.9 Å². The van der Waals surface area contributed by atoms with Crippen molar-refractivity contribution in [3.05, 3.63) is 41.5 Å². The number of carbonyl (C=O) groups is 2. The maximum Gasteiger partial charge on any atom is 0.451 e. The number of carboxylic acid groups (broad SMARTS) is 1. The molecule has 202 valence electrons. The fraction of sp³-hybridized carbons (Fsp3) is 0.542. The zero-order valence-electron chi connectivity index (χ0n) is 20.6. The number of nitrogens with one attached hydrogen (secondary N) is 3. The van der Waals surface area contributed by atoms with Gasteiger partial charge in [0, 0.05) is 31.9 Å². The minimum Gasteiger partial charge on any atom is -0.480 e. The molecular weight excluding hydrogens is 491 g/mol. The second-order valence-electron chi connectivity index (χ2n) is 8.89. The summed E-state index contributed by atoms with van der Waals surface area (Å²) in [6, 6.07) is 4.16. The van der Waals surface area contributed by atoms with Gasteiger partial charge < -0.3 is 21.1 Å². The van der Waals surface area contributed by atoms with Gasteiger partial charge in [-0.05, 0) is 62.8 Å². The number of carboxylic acids is 1. The van der Waals surface area contributed by atoms with E-state index in [1.165, 1.54) is 18.6 Å². The minimum atomic E-state index is -4.74. The second-order valence-corrected chi connectivity index (χ2v) is 8.89. The first-order valence-electron chi connectivity index (χ1n) is 12.2. The van der Waals surface area contributed by atoms with Crippen LogP contribution in [-0.2, 0) is 28.6 Å². The van der Waals surface area contributed by atoms with Gasteiger partial charge in [0.05, 0.1) is 6.67 Å². The average molecular weight is 524 g/mol. The van der Waals surface area contributed by atoms with Gasteiger partial charge >= 0.3 is 12.1 Å². The van der Waals surface area contributed by atoms with E-state index >= 15 is 0 Å². The highest BCUT2D eigenvalue weighted by atomic mass is 19.4. The molecule has 1 aliphatic rings. The minimum absolute atomic E-state index is 0.0817. The Bertz CT molecular complexity index is 1070. The van der Waals surface area contributed by atoms with Crippen LogP contribution in [0.25, 0.3) is 0 Å². The molecule has 0 aliphatic carbocycles. The van der Waals surface area contributed by atoms with E-state index in [1.807, 2.05) is 11.0 Å². The highest BCUT2D eigenvalue weighted by Gasteiger charge is 2.35. The molecule has 1 aliphatic heterocycles. The quantitative estimate of drug-likeness (QED) is 0.231. The molecule has 0 spiro atoms. The third-order valence-electron chi connectivity index (χ3n) is 5.92. The molecule has 13 heteroatoms. The Morgan fingerprint density at radius 1 is 1.19 bits per heavy atom. The smallest absolute Gasteiger partial charge is 0.451 e. The summed E-state index contributed by atoms with van der Waals surface area (Å²) in [7, 11) is 0. The number of rotatable bonds is 13.